The lowest BCUT2D eigenvalue weighted by atomic mass is 9.94. The summed E-state index contributed by atoms with van der Waals surface area (Å²) < 4.78 is 1.67. The number of hydrogen-bond donors (Lipinski definition) is 0. The van der Waals surface area contributed by atoms with Gasteiger partial charge in [-0.05, 0) is 69.0 Å². The lowest BCUT2D eigenvalue weighted by Crippen LogP contribution is -2.44. The molecule has 2 aromatic carbocycles. The van der Waals surface area contributed by atoms with E-state index >= 15 is 0 Å². The largest absolute Gasteiger partial charge is 0.342 e. The first kappa shape index (κ1) is 22.3. The molecule has 0 spiro atoms. The number of fused-ring (bicyclic) bond motifs is 1. The second-order valence-corrected chi connectivity index (χ2v) is 9.72. The highest BCUT2D eigenvalue weighted by Gasteiger charge is 2.38. The molecule has 176 valence electrons. The number of nitrogens with zero attached hydrogens (tertiary/aromatic N) is 4. The van der Waals surface area contributed by atoms with Gasteiger partial charge in [-0.25, -0.2) is 4.98 Å². The Morgan fingerprint density at radius 1 is 0.912 bits per heavy atom. The molecule has 3 aromatic rings. The van der Waals surface area contributed by atoms with Gasteiger partial charge in [-0.3, -0.25) is 19.0 Å². The zero-order chi connectivity index (χ0) is 24.0. The Hall–Kier alpha value is -3.48. The van der Waals surface area contributed by atoms with E-state index in [1.807, 2.05) is 62.1 Å². The summed E-state index contributed by atoms with van der Waals surface area (Å²) in [7, 11) is 0. The van der Waals surface area contributed by atoms with Crippen LogP contribution in [-0.4, -0.2) is 51.8 Å². The molecule has 2 fully saturated rings. The van der Waals surface area contributed by atoms with Crippen molar-refractivity contribution in [2.45, 2.75) is 40.0 Å². The van der Waals surface area contributed by atoms with Crippen molar-refractivity contribution in [1.29, 1.82) is 0 Å². The maximum Gasteiger partial charge on any atom is 0.235 e. The van der Waals surface area contributed by atoms with Crippen LogP contribution in [0.5, 0.6) is 0 Å². The van der Waals surface area contributed by atoms with E-state index < -0.39 is 0 Å². The first-order chi connectivity index (χ1) is 16.3. The molecule has 2 aliphatic rings. The maximum atomic E-state index is 13.2. The van der Waals surface area contributed by atoms with Crippen molar-refractivity contribution >= 4 is 34.4 Å². The summed E-state index contributed by atoms with van der Waals surface area (Å²) >= 11 is 0. The summed E-state index contributed by atoms with van der Waals surface area (Å²) in [4.78, 5) is 47.0. The van der Waals surface area contributed by atoms with Gasteiger partial charge in [0.2, 0.25) is 17.7 Å². The van der Waals surface area contributed by atoms with E-state index in [4.69, 9.17) is 0 Å². The van der Waals surface area contributed by atoms with Gasteiger partial charge >= 0.3 is 0 Å². The normalized spacial score (nSPS) is 19.3. The second-order valence-electron chi connectivity index (χ2n) is 9.72. The number of imidazole rings is 1. The lowest BCUT2D eigenvalue weighted by Gasteiger charge is -2.33. The average Bonchev–Trinajstić information content (AvgIpc) is 3.42. The van der Waals surface area contributed by atoms with Crippen molar-refractivity contribution in [3.8, 4) is 0 Å². The van der Waals surface area contributed by atoms with Crippen LogP contribution >= 0.6 is 0 Å². The van der Waals surface area contributed by atoms with Crippen LogP contribution in [0.25, 0.3) is 11.0 Å². The minimum absolute atomic E-state index is 0.00946. The molecule has 0 aliphatic carbocycles. The summed E-state index contributed by atoms with van der Waals surface area (Å²) in [5.41, 5.74) is 5.93. The van der Waals surface area contributed by atoms with Crippen LogP contribution in [0.3, 0.4) is 0 Å². The molecule has 0 saturated carbocycles. The van der Waals surface area contributed by atoms with Crippen LogP contribution in [0.4, 0.5) is 5.69 Å². The molecule has 2 aliphatic heterocycles. The monoisotopic (exact) mass is 458 g/mol. The number of aryl methyl sites for hydroxylation is 3. The van der Waals surface area contributed by atoms with Gasteiger partial charge in [0.05, 0.1) is 17.0 Å². The summed E-state index contributed by atoms with van der Waals surface area (Å²) in [5.74, 6) is -0.417. The van der Waals surface area contributed by atoms with Crippen molar-refractivity contribution < 1.29 is 14.4 Å². The third-order valence-corrected chi connectivity index (χ3v) is 7.38. The number of aromatic nitrogens is 2. The van der Waals surface area contributed by atoms with E-state index in [0.717, 1.165) is 33.4 Å². The van der Waals surface area contributed by atoms with Gasteiger partial charge in [-0.2, -0.15) is 0 Å². The molecule has 2 amide bonds. The first-order valence-electron chi connectivity index (χ1n) is 12.0. The zero-order valence-corrected chi connectivity index (χ0v) is 20.0. The van der Waals surface area contributed by atoms with Crippen molar-refractivity contribution in [2.75, 3.05) is 24.5 Å². The molecule has 0 N–H and O–H groups in total. The number of rotatable bonds is 3. The quantitative estimate of drug-likeness (QED) is 0.597. The average molecular weight is 459 g/mol. The molecule has 3 heterocycles. The van der Waals surface area contributed by atoms with E-state index in [2.05, 4.69) is 4.98 Å². The van der Waals surface area contributed by atoms with Crippen LogP contribution in [0, 0.1) is 32.6 Å². The third kappa shape index (κ3) is 4.00. The number of benzene rings is 2. The Morgan fingerprint density at radius 2 is 1.59 bits per heavy atom. The fourth-order valence-corrected chi connectivity index (χ4v) is 5.09. The lowest BCUT2D eigenvalue weighted by molar-refractivity contribution is -0.137. The number of carbonyl (C=O) groups is 3. The minimum atomic E-state index is -0.329. The highest BCUT2D eigenvalue weighted by molar-refractivity contribution is 6.00. The number of carbonyl (C=O) groups excluding carboxylic acids is 3. The van der Waals surface area contributed by atoms with Crippen LogP contribution in [0.15, 0.2) is 42.7 Å². The summed E-state index contributed by atoms with van der Waals surface area (Å²) in [5, 5.41) is 0. The van der Waals surface area contributed by atoms with Crippen LogP contribution in [-0.2, 0) is 9.59 Å². The number of amides is 2. The fourth-order valence-electron chi connectivity index (χ4n) is 5.09. The fraction of sp³-hybridized carbons (Fsp3) is 0.407. The molecular weight excluding hydrogens is 428 g/mol. The molecule has 7 heteroatoms. The molecule has 34 heavy (non-hydrogen) atoms. The second kappa shape index (κ2) is 8.70. The SMILES string of the molecule is Cc1ccc(N2CC(C(=O)N3CCC(C(=O)n4cnc5cc(C)c(C)cc54)CC3)CC2=O)cc1. The molecular formula is C27H30N4O3. The third-order valence-electron chi connectivity index (χ3n) is 7.38. The standard InChI is InChI=1S/C27H30N4O3/c1-17-4-6-22(7-5-17)30-15-21(14-25(30)32)26(33)29-10-8-20(9-11-29)27(34)31-16-28-23-12-18(2)19(3)13-24(23)31/h4-7,12-13,16,20-21H,8-11,14-15H2,1-3H3. The molecule has 1 unspecified atom stereocenters. The summed E-state index contributed by atoms with van der Waals surface area (Å²) in [6.07, 6.45) is 3.10. The van der Waals surface area contributed by atoms with Gasteiger partial charge in [0.15, 0.2) is 0 Å². The van der Waals surface area contributed by atoms with E-state index in [9.17, 15) is 14.4 Å². The maximum absolute atomic E-state index is 13.2. The highest BCUT2D eigenvalue weighted by Crippen LogP contribution is 2.29. The molecule has 2 saturated heterocycles. The molecule has 5 rings (SSSR count). The Labute approximate surface area is 199 Å². The van der Waals surface area contributed by atoms with Gasteiger partial charge in [-0.1, -0.05) is 17.7 Å². The number of likely N-dealkylation sites (tertiary alicyclic amines) is 1. The van der Waals surface area contributed by atoms with Gasteiger partial charge < -0.3 is 9.80 Å². The smallest absolute Gasteiger partial charge is 0.235 e. The topological polar surface area (TPSA) is 75.5 Å². The van der Waals surface area contributed by atoms with Crippen molar-refractivity contribution in [3.05, 3.63) is 59.4 Å². The Morgan fingerprint density at radius 3 is 2.29 bits per heavy atom. The van der Waals surface area contributed by atoms with Gasteiger partial charge in [0.1, 0.15) is 6.33 Å². The van der Waals surface area contributed by atoms with E-state index in [-0.39, 0.29) is 36.0 Å². The van der Waals surface area contributed by atoms with Crippen LogP contribution < -0.4 is 4.90 Å². The minimum Gasteiger partial charge on any atom is -0.342 e. The van der Waals surface area contributed by atoms with E-state index in [1.165, 1.54) is 0 Å². The van der Waals surface area contributed by atoms with Crippen molar-refractivity contribution in [2.24, 2.45) is 11.8 Å². The Balaban J connectivity index is 1.22. The molecule has 7 nitrogen and oxygen atoms in total. The zero-order valence-electron chi connectivity index (χ0n) is 20.0. The predicted molar refractivity (Wildman–Crippen MR) is 131 cm³/mol. The summed E-state index contributed by atoms with van der Waals surface area (Å²) in [6.45, 7) is 7.58. The molecule has 1 aromatic heterocycles. The van der Waals surface area contributed by atoms with Gasteiger partial charge in [0, 0.05) is 37.7 Å². The first-order valence-corrected chi connectivity index (χ1v) is 12.0. The van der Waals surface area contributed by atoms with Gasteiger partial charge in [0.25, 0.3) is 0 Å². The number of anilines is 1. The predicted octanol–water partition coefficient (Wildman–Crippen LogP) is 3.89. The summed E-state index contributed by atoms with van der Waals surface area (Å²) in [6, 6.07) is 11.8. The van der Waals surface area contributed by atoms with Crippen molar-refractivity contribution in [3.63, 3.8) is 0 Å². The Bertz CT molecular complexity index is 1270. The van der Waals surface area contributed by atoms with Crippen molar-refractivity contribution in [1.82, 2.24) is 14.5 Å². The van der Waals surface area contributed by atoms with Crippen LogP contribution in [0.1, 0.15) is 40.7 Å². The highest BCUT2D eigenvalue weighted by atomic mass is 16.2. The van der Waals surface area contributed by atoms with Gasteiger partial charge in [-0.15, -0.1) is 0 Å². The number of hydrogen-bond acceptors (Lipinski definition) is 4. The Kier molecular flexibility index (Phi) is 5.71. The number of piperidine rings is 1. The molecule has 0 bridgehead atoms. The van der Waals surface area contributed by atoms with E-state index in [0.29, 0.717) is 32.5 Å². The molecule has 1 atom stereocenters. The van der Waals surface area contributed by atoms with E-state index in [1.54, 1.807) is 15.8 Å². The van der Waals surface area contributed by atoms with Crippen LogP contribution in [0.2, 0.25) is 0 Å². The molecule has 0 radical (unpaired) electrons.